The molecule has 2 aromatic rings. The molecule has 11 heteroatoms. The Balaban J connectivity index is 2.43. The van der Waals surface area contributed by atoms with Gasteiger partial charge in [0.05, 0.1) is 12.1 Å². The molecule has 0 saturated carbocycles. The van der Waals surface area contributed by atoms with Crippen LogP contribution in [0.4, 0.5) is 10.1 Å². The van der Waals surface area contributed by atoms with Crippen molar-refractivity contribution in [2.45, 2.75) is 16.2 Å². The highest BCUT2D eigenvalue weighted by atomic mass is 32.2. The number of primary sulfonamides is 2. The van der Waals surface area contributed by atoms with Gasteiger partial charge >= 0.3 is 0 Å². The predicted octanol–water partition coefficient (Wildman–Crippen LogP) is 0.302. The third-order valence-corrected chi connectivity index (χ3v) is 5.01. The Morgan fingerprint density at radius 3 is 2.04 bits per heavy atom. The summed E-state index contributed by atoms with van der Waals surface area (Å²) in [5, 5.41) is 12.1. The van der Waals surface area contributed by atoms with Gasteiger partial charge in [-0.25, -0.2) is 31.5 Å². The highest BCUT2D eigenvalue weighted by Crippen LogP contribution is 2.26. The molecule has 0 unspecified atom stereocenters. The van der Waals surface area contributed by atoms with Gasteiger partial charge in [-0.2, -0.15) is 0 Å². The molecule has 2 rings (SSSR count). The normalized spacial score (nSPS) is 12.0. The van der Waals surface area contributed by atoms with Gasteiger partial charge in [-0.15, -0.1) is 0 Å². The molecule has 0 bridgehead atoms. The van der Waals surface area contributed by atoms with Crippen molar-refractivity contribution >= 4 is 31.6 Å². The topological polar surface area (TPSA) is 149 Å². The van der Waals surface area contributed by atoms with Crippen molar-refractivity contribution < 1.29 is 26.0 Å². The number of nitrogens with one attached hydrogen (secondary N) is 1. The Kier molecular flexibility index (Phi) is 5.23. The van der Waals surface area contributed by atoms with Crippen LogP contribution in [0, 0.1) is 5.82 Å². The lowest BCUT2D eigenvalue weighted by Crippen LogP contribution is -2.22. The van der Waals surface area contributed by atoms with Gasteiger partial charge in [-0.05, 0) is 11.6 Å². The van der Waals surface area contributed by atoms with E-state index in [-0.39, 0.29) is 6.42 Å². The van der Waals surface area contributed by atoms with E-state index in [9.17, 15) is 26.0 Å². The summed E-state index contributed by atoms with van der Waals surface area (Å²) in [4.78, 5) is 10.2. The molecular weight excluding hydrogens is 373 g/mol. The molecule has 5 N–H and O–H groups in total. The van der Waals surface area contributed by atoms with Crippen molar-refractivity contribution in [1.82, 2.24) is 0 Å². The van der Waals surface area contributed by atoms with Gasteiger partial charge in [0.2, 0.25) is 26.0 Å². The van der Waals surface area contributed by atoms with Crippen molar-refractivity contribution in [3.63, 3.8) is 0 Å². The number of nitrogens with two attached hydrogens (primary N) is 2. The molecule has 0 heterocycles. The lowest BCUT2D eigenvalue weighted by Gasteiger charge is -2.12. The predicted molar refractivity (Wildman–Crippen MR) is 87.9 cm³/mol. The van der Waals surface area contributed by atoms with Gasteiger partial charge in [-0.1, -0.05) is 30.3 Å². The largest absolute Gasteiger partial charge is 0.325 e. The van der Waals surface area contributed by atoms with Gasteiger partial charge in [-0.3, -0.25) is 4.79 Å². The van der Waals surface area contributed by atoms with Gasteiger partial charge in [0.15, 0.2) is 0 Å². The fraction of sp³-hybridized carbons (Fsp3) is 0.0714. The highest BCUT2D eigenvalue weighted by molar-refractivity contribution is 7.90. The summed E-state index contributed by atoms with van der Waals surface area (Å²) in [6, 6.07) is 9.52. The number of hydrogen-bond acceptors (Lipinski definition) is 5. The zero-order valence-electron chi connectivity index (χ0n) is 12.6. The third kappa shape index (κ3) is 4.82. The first-order valence-corrected chi connectivity index (χ1v) is 9.80. The van der Waals surface area contributed by atoms with Crippen molar-refractivity contribution in [2.24, 2.45) is 10.3 Å². The molecule has 0 radical (unpaired) electrons. The van der Waals surface area contributed by atoms with Gasteiger partial charge in [0.1, 0.15) is 15.6 Å². The number of carbonyl (C=O) groups excluding carboxylic acids is 1. The molecule has 0 aliphatic carbocycles. The van der Waals surface area contributed by atoms with E-state index in [0.717, 1.165) is 0 Å². The molecule has 0 atom stereocenters. The number of amides is 1. The minimum absolute atomic E-state index is 0.108. The van der Waals surface area contributed by atoms with Gasteiger partial charge < -0.3 is 5.32 Å². The van der Waals surface area contributed by atoms with E-state index in [4.69, 9.17) is 10.3 Å². The Labute approximate surface area is 143 Å². The second-order valence-corrected chi connectivity index (χ2v) is 8.14. The first kappa shape index (κ1) is 19.0. The zero-order chi connectivity index (χ0) is 18.8. The number of sulfonamides is 2. The molecule has 134 valence electrons. The standard InChI is InChI=1S/C14H14FN3O5S2/c15-10-7-11(18-14(19)6-9-4-2-1-3-5-9)13(25(17,22)23)8-12(10)24(16,20)21/h1-5,7-8H,6H2,(H,18,19)(H2,16,20,21)(H2,17,22,23). The highest BCUT2D eigenvalue weighted by Gasteiger charge is 2.24. The Bertz CT molecular complexity index is 1020. The van der Waals surface area contributed by atoms with Crippen molar-refractivity contribution in [3.05, 3.63) is 53.8 Å². The molecule has 2 aromatic carbocycles. The number of hydrogen-bond donors (Lipinski definition) is 3. The van der Waals surface area contributed by atoms with Crippen molar-refractivity contribution in [2.75, 3.05) is 5.32 Å². The monoisotopic (exact) mass is 387 g/mol. The summed E-state index contributed by atoms with van der Waals surface area (Å²) in [6.07, 6.45) is -0.108. The van der Waals surface area contributed by atoms with E-state index in [0.29, 0.717) is 17.7 Å². The smallest absolute Gasteiger partial charge is 0.241 e. The molecule has 0 aromatic heterocycles. The summed E-state index contributed by atoms with van der Waals surface area (Å²) >= 11 is 0. The molecule has 0 saturated heterocycles. The summed E-state index contributed by atoms with van der Waals surface area (Å²) < 4.78 is 59.9. The number of rotatable bonds is 5. The number of benzene rings is 2. The maximum Gasteiger partial charge on any atom is 0.241 e. The van der Waals surface area contributed by atoms with Crippen LogP contribution in [-0.2, 0) is 31.3 Å². The average molecular weight is 387 g/mol. The molecular formula is C14H14FN3O5S2. The van der Waals surface area contributed by atoms with Gasteiger partial charge in [0.25, 0.3) is 0 Å². The first-order chi connectivity index (χ1) is 11.5. The second kappa shape index (κ2) is 6.88. The van der Waals surface area contributed by atoms with E-state index in [1.807, 2.05) is 0 Å². The van der Waals surface area contributed by atoms with Crippen molar-refractivity contribution in [3.8, 4) is 0 Å². The number of anilines is 1. The summed E-state index contributed by atoms with van der Waals surface area (Å²) in [5.74, 6) is -1.95. The van der Waals surface area contributed by atoms with Crippen LogP contribution in [0.3, 0.4) is 0 Å². The van der Waals surface area contributed by atoms with E-state index >= 15 is 0 Å². The molecule has 8 nitrogen and oxygen atoms in total. The average Bonchev–Trinajstić information content (AvgIpc) is 2.45. The number of halogens is 1. The van der Waals surface area contributed by atoms with Crippen LogP contribution in [0.1, 0.15) is 5.56 Å². The van der Waals surface area contributed by atoms with Crippen LogP contribution >= 0.6 is 0 Å². The second-order valence-electron chi connectivity index (χ2n) is 5.08. The van der Waals surface area contributed by atoms with E-state index in [2.05, 4.69) is 5.32 Å². The van der Waals surface area contributed by atoms with E-state index in [1.54, 1.807) is 30.3 Å². The Morgan fingerprint density at radius 1 is 0.960 bits per heavy atom. The van der Waals surface area contributed by atoms with Crippen LogP contribution in [0.15, 0.2) is 52.3 Å². The quantitative estimate of drug-likeness (QED) is 0.674. The lowest BCUT2D eigenvalue weighted by atomic mass is 10.1. The fourth-order valence-corrected chi connectivity index (χ4v) is 3.45. The molecule has 1 amide bonds. The lowest BCUT2D eigenvalue weighted by molar-refractivity contribution is -0.115. The van der Waals surface area contributed by atoms with E-state index < -0.39 is 47.2 Å². The third-order valence-electron chi connectivity index (χ3n) is 3.13. The molecule has 0 fully saturated rings. The first-order valence-electron chi connectivity index (χ1n) is 6.71. The summed E-state index contributed by atoms with van der Waals surface area (Å²) in [7, 11) is -8.97. The SMILES string of the molecule is NS(=O)(=O)c1cc(S(N)(=O)=O)c(NC(=O)Cc2ccccc2)cc1F. The van der Waals surface area contributed by atoms with Gasteiger partial charge in [0, 0.05) is 6.07 Å². The van der Waals surface area contributed by atoms with Crippen LogP contribution in [-0.4, -0.2) is 22.7 Å². The summed E-state index contributed by atoms with van der Waals surface area (Å²) in [5.41, 5.74) is 0.159. The fourth-order valence-electron chi connectivity index (χ4n) is 2.06. The number of carbonyl (C=O) groups is 1. The van der Waals surface area contributed by atoms with Crippen LogP contribution in [0.5, 0.6) is 0 Å². The molecule has 0 spiro atoms. The Hall–Kier alpha value is -2.34. The van der Waals surface area contributed by atoms with Crippen LogP contribution in [0.25, 0.3) is 0 Å². The zero-order valence-corrected chi connectivity index (χ0v) is 14.3. The molecule has 0 aliphatic rings. The van der Waals surface area contributed by atoms with Crippen molar-refractivity contribution in [1.29, 1.82) is 0 Å². The molecule has 25 heavy (non-hydrogen) atoms. The van der Waals surface area contributed by atoms with E-state index in [1.165, 1.54) is 0 Å². The maximum atomic E-state index is 13.9. The summed E-state index contributed by atoms with van der Waals surface area (Å²) in [6.45, 7) is 0. The van der Waals surface area contributed by atoms with Crippen LogP contribution < -0.4 is 15.6 Å². The minimum atomic E-state index is -4.52. The minimum Gasteiger partial charge on any atom is -0.325 e. The maximum absolute atomic E-state index is 13.9. The molecule has 0 aliphatic heterocycles. The van der Waals surface area contributed by atoms with Crippen LogP contribution in [0.2, 0.25) is 0 Å². The Morgan fingerprint density at radius 2 is 1.52 bits per heavy atom.